The fraction of sp³-hybridized carbons (Fsp3) is 0.500. The van der Waals surface area contributed by atoms with Gasteiger partial charge in [0.2, 0.25) is 0 Å². The topological polar surface area (TPSA) is 12.5 Å². The molecule has 0 N–H and O–H groups in total. The lowest BCUT2D eigenvalue weighted by molar-refractivity contribution is 0.427. The minimum Gasteiger partial charge on any atom is -0.368 e. The first kappa shape index (κ1) is 5.24. The minimum atomic E-state index is 0.495. The molecule has 1 saturated heterocycles. The molecule has 1 heteroatoms. The third-order valence-electron chi connectivity index (χ3n) is 1.79. The summed E-state index contributed by atoms with van der Waals surface area (Å²) >= 11 is 0. The average molecular weight is 122 g/mol. The second-order valence-corrected chi connectivity index (χ2v) is 2.53. The first-order valence-corrected chi connectivity index (χ1v) is 3.44. The lowest BCUT2D eigenvalue weighted by Gasteiger charge is -2.03. The summed E-state index contributed by atoms with van der Waals surface area (Å²) in [6, 6.07) is 0. The van der Waals surface area contributed by atoms with E-state index in [9.17, 15) is 0 Å². The van der Waals surface area contributed by atoms with Crippen molar-refractivity contribution in [1.29, 1.82) is 0 Å². The molecule has 0 aromatic carbocycles. The first-order valence-electron chi connectivity index (χ1n) is 3.44. The maximum absolute atomic E-state index is 5.15. The van der Waals surface area contributed by atoms with Crippen LogP contribution in [0.4, 0.5) is 0 Å². The highest BCUT2D eigenvalue weighted by Crippen LogP contribution is 2.25. The van der Waals surface area contributed by atoms with E-state index in [-0.39, 0.29) is 0 Å². The van der Waals surface area contributed by atoms with Crippen LogP contribution in [0, 0.1) is 0 Å². The lowest BCUT2D eigenvalue weighted by Crippen LogP contribution is -1.94. The summed E-state index contributed by atoms with van der Waals surface area (Å²) in [5, 5.41) is 0. The highest BCUT2D eigenvalue weighted by atomic mass is 16.6. The molecule has 0 bridgehead atoms. The molecular weight excluding hydrogens is 112 g/mol. The SMILES string of the molecule is C1=CCCC(C2CO2)=C1. The van der Waals surface area contributed by atoms with Gasteiger partial charge in [-0.25, -0.2) is 0 Å². The van der Waals surface area contributed by atoms with Gasteiger partial charge < -0.3 is 4.74 Å². The van der Waals surface area contributed by atoms with Gasteiger partial charge in [0.25, 0.3) is 0 Å². The Hall–Kier alpha value is -0.560. The van der Waals surface area contributed by atoms with Crippen LogP contribution in [0.1, 0.15) is 12.8 Å². The normalized spacial score (nSPS) is 32.0. The van der Waals surface area contributed by atoms with E-state index >= 15 is 0 Å². The molecule has 0 amide bonds. The summed E-state index contributed by atoms with van der Waals surface area (Å²) in [7, 11) is 0. The molecule has 0 aromatic rings. The summed E-state index contributed by atoms with van der Waals surface area (Å²) in [6.07, 6.45) is 9.41. The third-order valence-corrected chi connectivity index (χ3v) is 1.79. The van der Waals surface area contributed by atoms with Crippen molar-refractivity contribution >= 4 is 0 Å². The Morgan fingerprint density at radius 1 is 1.56 bits per heavy atom. The molecular formula is C8H10O. The molecule has 1 nitrogen and oxygen atoms in total. The molecule has 0 saturated carbocycles. The van der Waals surface area contributed by atoms with E-state index in [1.54, 1.807) is 0 Å². The molecule has 1 aliphatic heterocycles. The molecule has 1 fully saturated rings. The molecule has 1 unspecified atom stereocenters. The minimum absolute atomic E-state index is 0.495. The van der Waals surface area contributed by atoms with Crippen LogP contribution >= 0.6 is 0 Å². The van der Waals surface area contributed by atoms with E-state index in [1.165, 1.54) is 18.4 Å². The van der Waals surface area contributed by atoms with Crippen LogP contribution in [-0.2, 0) is 4.74 Å². The van der Waals surface area contributed by atoms with Crippen LogP contribution in [0.25, 0.3) is 0 Å². The zero-order chi connectivity index (χ0) is 6.10. The second kappa shape index (κ2) is 1.99. The largest absolute Gasteiger partial charge is 0.368 e. The third kappa shape index (κ3) is 1.06. The zero-order valence-electron chi connectivity index (χ0n) is 5.34. The predicted octanol–water partition coefficient (Wildman–Crippen LogP) is 1.66. The van der Waals surface area contributed by atoms with Crippen LogP contribution in [0.5, 0.6) is 0 Å². The summed E-state index contributed by atoms with van der Waals surface area (Å²) in [5.74, 6) is 0. The molecule has 2 aliphatic rings. The standard InChI is InChI=1S/C8H10O/c1-2-4-7(5-3-1)8-6-9-8/h1-2,4,8H,3,5-6H2. The Bertz CT molecular complexity index is 163. The van der Waals surface area contributed by atoms with E-state index in [2.05, 4.69) is 18.2 Å². The number of allylic oxidation sites excluding steroid dienone is 3. The molecule has 1 atom stereocenters. The number of ether oxygens (including phenoxy) is 1. The fourth-order valence-corrected chi connectivity index (χ4v) is 1.15. The van der Waals surface area contributed by atoms with Gasteiger partial charge >= 0.3 is 0 Å². The van der Waals surface area contributed by atoms with Crippen LogP contribution < -0.4 is 0 Å². The molecule has 9 heavy (non-hydrogen) atoms. The van der Waals surface area contributed by atoms with Gasteiger partial charge in [-0.15, -0.1) is 0 Å². The number of hydrogen-bond acceptors (Lipinski definition) is 1. The van der Waals surface area contributed by atoms with Gasteiger partial charge in [0.1, 0.15) is 6.10 Å². The van der Waals surface area contributed by atoms with E-state index in [0.29, 0.717) is 6.10 Å². The maximum atomic E-state index is 5.15. The summed E-state index contributed by atoms with van der Waals surface area (Å²) < 4.78 is 5.15. The first-order chi connectivity index (χ1) is 4.47. The molecule has 0 aromatic heterocycles. The van der Waals surface area contributed by atoms with E-state index < -0.39 is 0 Å². The second-order valence-electron chi connectivity index (χ2n) is 2.53. The highest BCUT2D eigenvalue weighted by Gasteiger charge is 2.26. The van der Waals surface area contributed by atoms with Gasteiger partial charge in [-0.3, -0.25) is 0 Å². The molecule has 0 spiro atoms. The van der Waals surface area contributed by atoms with Crippen molar-refractivity contribution in [3.63, 3.8) is 0 Å². The molecule has 0 radical (unpaired) electrons. The molecule has 2 rings (SSSR count). The van der Waals surface area contributed by atoms with Crippen molar-refractivity contribution in [3.05, 3.63) is 23.8 Å². The van der Waals surface area contributed by atoms with Crippen molar-refractivity contribution in [2.24, 2.45) is 0 Å². The Labute approximate surface area is 55.0 Å². The molecule has 1 aliphatic carbocycles. The Balaban J connectivity index is 2.07. The zero-order valence-corrected chi connectivity index (χ0v) is 5.34. The van der Waals surface area contributed by atoms with Gasteiger partial charge in [0.05, 0.1) is 6.61 Å². The van der Waals surface area contributed by atoms with Gasteiger partial charge in [-0.1, -0.05) is 18.2 Å². The number of hydrogen-bond donors (Lipinski definition) is 0. The van der Waals surface area contributed by atoms with E-state index in [0.717, 1.165) is 6.61 Å². The quantitative estimate of drug-likeness (QED) is 0.482. The van der Waals surface area contributed by atoms with E-state index in [4.69, 9.17) is 4.74 Å². The highest BCUT2D eigenvalue weighted by molar-refractivity contribution is 5.23. The van der Waals surface area contributed by atoms with Crippen LogP contribution in [0.2, 0.25) is 0 Å². The van der Waals surface area contributed by atoms with Crippen LogP contribution in [0.3, 0.4) is 0 Å². The maximum Gasteiger partial charge on any atom is 0.102 e. The predicted molar refractivity (Wildman–Crippen MR) is 36.2 cm³/mol. The van der Waals surface area contributed by atoms with Gasteiger partial charge in [-0.05, 0) is 18.4 Å². The Morgan fingerprint density at radius 2 is 2.44 bits per heavy atom. The summed E-state index contributed by atoms with van der Waals surface area (Å²) in [6.45, 7) is 0.958. The van der Waals surface area contributed by atoms with Crippen LogP contribution in [-0.4, -0.2) is 12.7 Å². The summed E-state index contributed by atoms with van der Waals surface area (Å²) in [5.41, 5.74) is 1.48. The van der Waals surface area contributed by atoms with Crippen molar-refractivity contribution in [2.45, 2.75) is 18.9 Å². The van der Waals surface area contributed by atoms with Crippen LogP contribution in [0.15, 0.2) is 23.8 Å². The van der Waals surface area contributed by atoms with Crippen molar-refractivity contribution in [2.75, 3.05) is 6.61 Å². The average Bonchev–Trinajstić information content (AvgIpc) is 2.71. The Kier molecular flexibility index (Phi) is 1.16. The van der Waals surface area contributed by atoms with Crippen molar-refractivity contribution < 1.29 is 4.74 Å². The fourth-order valence-electron chi connectivity index (χ4n) is 1.15. The van der Waals surface area contributed by atoms with Crippen molar-refractivity contribution in [3.8, 4) is 0 Å². The lowest BCUT2D eigenvalue weighted by atomic mass is 10.0. The van der Waals surface area contributed by atoms with Gasteiger partial charge in [0.15, 0.2) is 0 Å². The van der Waals surface area contributed by atoms with E-state index in [1.807, 2.05) is 0 Å². The smallest absolute Gasteiger partial charge is 0.102 e. The number of epoxide rings is 1. The van der Waals surface area contributed by atoms with Gasteiger partial charge in [0, 0.05) is 0 Å². The molecule has 1 heterocycles. The molecule has 48 valence electrons. The number of rotatable bonds is 1. The summed E-state index contributed by atoms with van der Waals surface area (Å²) in [4.78, 5) is 0. The van der Waals surface area contributed by atoms with Crippen molar-refractivity contribution in [1.82, 2.24) is 0 Å². The Morgan fingerprint density at radius 3 is 3.00 bits per heavy atom. The van der Waals surface area contributed by atoms with Gasteiger partial charge in [-0.2, -0.15) is 0 Å². The monoisotopic (exact) mass is 122 g/mol.